The highest BCUT2D eigenvalue weighted by atomic mass is 16.6. The first kappa shape index (κ1) is 44.4. The van der Waals surface area contributed by atoms with Gasteiger partial charge in [0, 0.05) is 19.3 Å². The Morgan fingerprint density at radius 3 is 1.24 bits per heavy atom. The van der Waals surface area contributed by atoms with Gasteiger partial charge in [0.1, 0.15) is 13.2 Å². The average Bonchev–Trinajstić information content (AvgIpc) is 3.03. The topological polar surface area (TPSA) is 78.9 Å². The second kappa shape index (κ2) is 33.3. The zero-order valence-electron chi connectivity index (χ0n) is 31.2. The van der Waals surface area contributed by atoms with Gasteiger partial charge in [-0.2, -0.15) is 0 Å². The SMILES string of the molecule is CCCCCCCC(=O)O[C@@H](COC(=O)CCCCCCCCCCCCC(C)CC)COC(=O)CCCCCCCCC(C)C. The van der Waals surface area contributed by atoms with Crippen LogP contribution in [-0.4, -0.2) is 37.2 Å². The van der Waals surface area contributed by atoms with Crippen molar-refractivity contribution in [3.05, 3.63) is 0 Å². The molecule has 0 amide bonds. The van der Waals surface area contributed by atoms with Crippen molar-refractivity contribution >= 4 is 17.9 Å². The smallest absolute Gasteiger partial charge is 0.306 e. The molecule has 0 heterocycles. The van der Waals surface area contributed by atoms with Crippen molar-refractivity contribution in [3.63, 3.8) is 0 Å². The van der Waals surface area contributed by atoms with E-state index in [0.29, 0.717) is 19.3 Å². The zero-order valence-corrected chi connectivity index (χ0v) is 31.2. The Morgan fingerprint density at radius 1 is 0.457 bits per heavy atom. The van der Waals surface area contributed by atoms with E-state index in [4.69, 9.17) is 14.2 Å². The van der Waals surface area contributed by atoms with Crippen LogP contribution in [0.3, 0.4) is 0 Å². The standard InChI is InChI=1S/C40H76O6/c1-6-8-9-18-27-32-40(43)46-37(34-45-39(42)31-26-22-17-16-19-23-28-35(3)4)33-44-38(41)30-25-21-15-13-11-10-12-14-20-24-29-36(5)7-2/h35-37H,6-34H2,1-5H3/t36?,37-/m0/s1. The molecule has 46 heavy (non-hydrogen) atoms. The minimum atomic E-state index is -0.757. The summed E-state index contributed by atoms with van der Waals surface area (Å²) in [6.07, 6.45) is 28.4. The summed E-state index contributed by atoms with van der Waals surface area (Å²) in [6.45, 7) is 11.2. The van der Waals surface area contributed by atoms with Crippen LogP contribution in [0.25, 0.3) is 0 Å². The van der Waals surface area contributed by atoms with Crippen LogP contribution in [0.5, 0.6) is 0 Å². The highest BCUT2D eigenvalue weighted by Gasteiger charge is 2.19. The third kappa shape index (κ3) is 32.4. The summed E-state index contributed by atoms with van der Waals surface area (Å²) in [5.41, 5.74) is 0. The van der Waals surface area contributed by atoms with Crippen LogP contribution < -0.4 is 0 Å². The molecule has 0 aromatic heterocycles. The lowest BCUT2D eigenvalue weighted by molar-refractivity contribution is -0.167. The van der Waals surface area contributed by atoms with E-state index in [1.165, 1.54) is 89.9 Å². The molecule has 0 N–H and O–H groups in total. The summed E-state index contributed by atoms with van der Waals surface area (Å²) in [4.78, 5) is 37.2. The predicted molar refractivity (Wildman–Crippen MR) is 192 cm³/mol. The van der Waals surface area contributed by atoms with Crippen molar-refractivity contribution in [2.24, 2.45) is 11.8 Å². The molecule has 0 aliphatic carbocycles. The molecule has 1 unspecified atom stereocenters. The Morgan fingerprint density at radius 2 is 0.826 bits per heavy atom. The Kier molecular flexibility index (Phi) is 32.2. The summed E-state index contributed by atoms with van der Waals surface area (Å²) in [7, 11) is 0. The Labute approximate surface area is 285 Å². The molecule has 0 aromatic rings. The van der Waals surface area contributed by atoms with E-state index >= 15 is 0 Å². The van der Waals surface area contributed by atoms with Gasteiger partial charge in [-0.1, -0.05) is 169 Å². The molecule has 0 fully saturated rings. The molecular formula is C40H76O6. The van der Waals surface area contributed by atoms with Crippen LogP contribution in [0.1, 0.15) is 208 Å². The second-order valence-electron chi connectivity index (χ2n) is 14.3. The fourth-order valence-corrected chi connectivity index (χ4v) is 5.66. The molecule has 0 aliphatic heterocycles. The van der Waals surface area contributed by atoms with Crippen LogP contribution in [0.2, 0.25) is 0 Å². The molecule has 0 aromatic carbocycles. The maximum Gasteiger partial charge on any atom is 0.306 e. The van der Waals surface area contributed by atoms with Crippen molar-refractivity contribution < 1.29 is 28.6 Å². The summed E-state index contributed by atoms with van der Waals surface area (Å²) in [5, 5.41) is 0. The quantitative estimate of drug-likeness (QED) is 0.0391. The molecule has 0 aliphatic rings. The lowest BCUT2D eigenvalue weighted by Crippen LogP contribution is -2.30. The highest BCUT2D eigenvalue weighted by molar-refractivity contribution is 5.71. The maximum absolute atomic E-state index is 12.4. The van der Waals surface area contributed by atoms with Crippen LogP contribution in [0, 0.1) is 11.8 Å². The van der Waals surface area contributed by atoms with E-state index in [9.17, 15) is 14.4 Å². The molecule has 0 saturated carbocycles. The zero-order chi connectivity index (χ0) is 34.1. The minimum absolute atomic E-state index is 0.0680. The monoisotopic (exact) mass is 653 g/mol. The average molecular weight is 653 g/mol. The molecule has 6 heteroatoms. The van der Waals surface area contributed by atoms with E-state index in [1.54, 1.807) is 0 Å². The first-order valence-electron chi connectivity index (χ1n) is 19.8. The lowest BCUT2D eigenvalue weighted by atomic mass is 9.99. The van der Waals surface area contributed by atoms with Crippen LogP contribution in [-0.2, 0) is 28.6 Å². The molecular weight excluding hydrogens is 576 g/mol. The van der Waals surface area contributed by atoms with Crippen molar-refractivity contribution in [2.75, 3.05) is 13.2 Å². The molecule has 0 rings (SSSR count). The van der Waals surface area contributed by atoms with Gasteiger partial charge in [-0.15, -0.1) is 0 Å². The third-order valence-electron chi connectivity index (χ3n) is 9.08. The fraction of sp³-hybridized carbons (Fsp3) is 0.925. The second-order valence-corrected chi connectivity index (χ2v) is 14.3. The van der Waals surface area contributed by atoms with Crippen LogP contribution in [0.15, 0.2) is 0 Å². The van der Waals surface area contributed by atoms with Gasteiger partial charge in [0.25, 0.3) is 0 Å². The molecule has 2 atom stereocenters. The largest absolute Gasteiger partial charge is 0.462 e. The number of hydrogen-bond donors (Lipinski definition) is 0. The van der Waals surface area contributed by atoms with Crippen molar-refractivity contribution in [2.45, 2.75) is 214 Å². The lowest BCUT2D eigenvalue weighted by Gasteiger charge is -2.18. The van der Waals surface area contributed by atoms with Gasteiger partial charge in [-0.3, -0.25) is 14.4 Å². The van der Waals surface area contributed by atoms with Crippen LogP contribution in [0.4, 0.5) is 0 Å². The van der Waals surface area contributed by atoms with Crippen LogP contribution >= 0.6 is 0 Å². The Bertz CT molecular complexity index is 706. The summed E-state index contributed by atoms with van der Waals surface area (Å²) >= 11 is 0. The fourth-order valence-electron chi connectivity index (χ4n) is 5.66. The highest BCUT2D eigenvalue weighted by Crippen LogP contribution is 2.16. The van der Waals surface area contributed by atoms with Gasteiger partial charge in [0.15, 0.2) is 6.10 Å². The number of hydrogen-bond acceptors (Lipinski definition) is 6. The molecule has 0 bridgehead atoms. The number of carbonyl (C=O) groups is 3. The van der Waals surface area contributed by atoms with Crippen molar-refractivity contribution in [1.82, 2.24) is 0 Å². The summed E-state index contributed by atoms with van der Waals surface area (Å²) < 4.78 is 16.5. The molecule has 272 valence electrons. The van der Waals surface area contributed by atoms with Crippen molar-refractivity contribution in [1.29, 1.82) is 0 Å². The number of ether oxygens (including phenoxy) is 3. The first-order valence-corrected chi connectivity index (χ1v) is 19.8. The van der Waals surface area contributed by atoms with Gasteiger partial charge in [-0.25, -0.2) is 0 Å². The van der Waals surface area contributed by atoms with E-state index in [2.05, 4.69) is 34.6 Å². The minimum Gasteiger partial charge on any atom is -0.462 e. The summed E-state index contributed by atoms with van der Waals surface area (Å²) in [5.74, 6) is 0.748. The molecule has 0 saturated heterocycles. The van der Waals surface area contributed by atoms with Gasteiger partial charge < -0.3 is 14.2 Å². The molecule has 0 radical (unpaired) electrons. The normalized spacial score (nSPS) is 12.7. The Hall–Kier alpha value is -1.59. The van der Waals surface area contributed by atoms with E-state index in [-0.39, 0.29) is 31.1 Å². The first-order chi connectivity index (χ1) is 22.3. The third-order valence-corrected chi connectivity index (χ3v) is 9.08. The number of unbranched alkanes of at least 4 members (excludes halogenated alkanes) is 18. The van der Waals surface area contributed by atoms with Gasteiger partial charge in [-0.05, 0) is 31.1 Å². The maximum atomic E-state index is 12.4. The van der Waals surface area contributed by atoms with Crippen molar-refractivity contribution in [3.8, 4) is 0 Å². The van der Waals surface area contributed by atoms with E-state index < -0.39 is 6.10 Å². The van der Waals surface area contributed by atoms with E-state index in [1.807, 2.05) is 0 Å². The number of rotatable bonds is 34. The van der Waals surface area contributed by atoms with Gasteiger partial charge in [0.2, 0.25) is 0 Å². The van der Waals surface area contributed by atoms with Gasteiger partial charge >= 0.3 is 17.9 Å². The number of carbonyl (C=O) groups excluding carboxylic acids is 3. The Balaban J connectivity index is 4.21. The van der Waals surface area contributed by atoms with Gasteiger partial charge in [0.05, 0.1) is 0 Å². The number of esters is 3. The summed E-state index contributed by atoms with van der Waals surface area (Å²) in [6, 6.07) is 0. The van der Waals surface area contributed by atoms with E-state index in [0.717, 1.165) is 76.0 Å². The molecule has 0 spiro atoms. The predicted octanol–water partition coefficient (Wildman–Crippen LogP) is 11.8. The molecule has 6 nitrogen and oxygen atoms in total.